The predicted octanol–water partition coefficient (Wildman–Crippen LogP) is 3.97. The lowest BCUT2D eigenvalue weighted by Crippen LogP contribution is -1.98. The predicted molar refractivity (Wildman–Crippen MR) is 79.5 cm³/mol. The van der Waals surface area contributed by atoms with E-state index in [1.54, 1.807) is 17.7 Å². The van der Waals surface area contributed by atoms with Gasteiger partial charge in [0, 0.05) is 22.7 Å². The highest BCUT2D eigenvalue weighted by molar-refractivity contribution is 7.09. The summed E-state index contributed by atoms with van der Waals surface area (Å²) in [6.07, 6.45) is 1.75. The van der Waals surface area contributed by atoms with Crippen molar-refractivity contribution < 1.29 is 0 Å². The molecule has 1 N–H and O–H groups in total. The van der Waals surface area contributed by atoms with Crippen LogP contribution in [0.3, 0.4) is 0 Å². The maximum Gasteiger partial charge on any atom is 0.0901 e. The van der Waals surface area contributed by atoms with Gasteiger partial charge in [0.05, 0.1) is 17.0 Å². The van der Waals surface area contributed by atoms with Crippen LogP contribution in [0.1, 0.15) is 18.9 Å². The van der Waals surface area contributed by atoms with Crippen molar-refractivity contribution in [2.75, 3.05) is 5.32 Å². The molecular formula is C14H17N3S. The van der Waals surface area contributed by atoms with Crippen molar-refractivity contribution in [1.82, 2.24) is 4.98 Å². The first-order chi connectivity index (χ1) is 8.65. The molecule has 0 bridgehead atoms. The third-order valence-corrected chi connectivity index (χ3v) is 3.15. The summed E-state index contributed by atoms with van der Waals surface area (Å²) in [7, 11) is 0. The van der Waals surface area contributed by atoms with Gasteiger partial charge in [-0.1, -0.05) is 12.1 Å². The molecule has 3 nitrogen and oxygen atoms in total. The van der Waals surface area contributed by atoms with Crippen molar-refractivity contribution in [3.05, 3.63) is 34.7 Å². The molecule has 4 heteroatoms. The van der Waals surface area contributed by atoms with Gasteiger partial charge in [-0.25, -0.2) is 4.98 Å². The number of nitrogens with one attached hydrogen (secondary N) is 1. The smallest absolute Gasteiger partial charge is 0.0901 e. The van der Waals surface area contributed by atoms with Gasteiger partial charge in [-0.05, 0) is 32.9 Å². The molecule has 18 heavy (non-hydrogen) atoms. The molecule has 0 spiro atoms. The van der Waals surface area contributed by atoms with Crippen molar-refractivity contribution in [3.63, 3.8) is 0 Å². The molecule has 1 aromatic heterocycles. The molecule has 0 aliphatic rings. The maximum atomic E-state index is 4.49. The third kappa shape index (κ3) is 3.40. The van der Waals surface area contributed by atoms with Gasteiger partial charge in [0.2, 0.25) is 0 Å². The van der Waals surface area contributed by atoms with Gasteiger partial charge < -0.3 is 5.32 Å². The van der Waals surface area contributed by atoms with Crippen LogP contribution in [-0.4, -0.2) is 17.4 Å². The second-order valence-corrected chi connectivity index (χ2v) is 5.41. The van der Waals surface area contributed by atoms with Crippen LogP contribution in [-0.2, 0) is 0 Å². The highest BCUT2D eigenvalue weighted by Crippen LogP contribution is 2.23. The Hall–Kier alpha value is -1.68. The number of aryl methyl sites for hydroxylation is 1. The largest absolute Gasteiger partial charge is 0.347 e. The van der Waals surface area contributed by atoms with E-state index in [0.29, 0.717) is 6.04 Å². The molecule has 1 heterocycles. The highest BCUT2D eigenvalue weighted by atomic mass is 32.1. The minimum atomic E-state index is 0.307. The van der Waals surface area contributed by atoms with E-state index in [2.05, 4.69) is 32.8 Å². The maximum absolute atomic E-state index is 4.49. The highest BCUT2D eigenvalue weighted by Gasteiger charge is 2.02. The average Bonchev–Trinajstić information content (AvgIpc) is 2.76. The molecule has 0 amide bonds. The molecule has 0 aliphatic carbocycles. The minimum Gasteiger partial charge on any atom is -0.347 e. The summed E-state index contributed by atoms with van der Waals surface area (Å²) in [4.78, 5) is 8.76. The molecule has 2 rings (SSSR count). The van der Waals surface area contributed by atoms with Crippen LogP contribution in [0, 0.1) is 6.92 Å². The Kier molecular flexibility index (Phi) is 4.10. The fraction of sp³-hybridized carbons (Fsp3) is 0.286. The molecule has 0 unspecified atom stereocenters. The molecule has 0 saturated heterocycles. The summed E-state index contributed by atoms with van der Waals surface area (Å²) in [6.45, 7) is 6.12. The van der Waals surface area contributed by atoms with Crippen molar-refractivity contribution >= 4 is 23.4 Å². The van der Waals surface area contributed by atoms with E-state index in [0.717, 1.165) is 22.0 Å². The Morgan fingerprint density at radius 2 is 2.22 bits per heavy atom. The summed E-state index contributed by atoms with van der Waals surface area (Å²) in [5.74, 6) is 0. The Balaban J connectivity index is 2.15. The van der Waals surface area contributed by atoms with E-state index in [4.69, 9.17) is 0 Å². The van der Waals surface area contributed by atoms with Gasteiger partial charge in [-0.2, -0.15) is 0 Å². The van der Waals surface area contributed by atoms with E-state index >= 15 is 0 Å². The average molecular weight is 259 g/mol. The van der Waals surface area contributed by atoms with Crippen LogP contribution in [0.15, 0.2) is 34.6 Å². The second kappa shape index (κ2) is 5.78. The Labute approximate surface area is 112 Å². The lowest BCUT2D eigenvalue weighted by Gasteiger charge is -2.03. The van der Waals surface area contributed by atoms with Crippen LogP contribution in [0.4, 0.5) is 5.69 Å². The summed E-state index contributed by atoms with van der Waals surface area (Å²) in [5.41, 5.74) is 3.19. The first-order valence-corrected chi connectivity index (χ1v) is 6.84. The summed E-state index contributed by atoms with van der Waals surface area (Å²) in [5, 5.41) is 6.34. The van der Waals surface area contributed by atoms with Gasteiger partial charge >= 0.3 is 0 Å². The van der Waals surface area contributed by atoms with E-state index in [-0.39, 0.29) is 0 Å². The zero-order valence-corrected chi connectivity index (χ0v) is 11.7. The molecule has 0 radical (unpaired) electrons. The van der Waals surface area contributed by atoms with Crippen molar-refractivity contribution in [3.8, 4) is 11.3 Å². The summed E-state index contributed by atoms with van der Waals surface area (Å²) < 4.78 is 0. The van der Waals surface area contributed by atoms with Crippen molar-refractivity contribution in [2.45, 2.75) is 26.8 Å². The van der Waals surface area contributed by atoms with Crippen molar-refractivity contribution in [1.29, 1.82) is 0 Å². The fourth-order valence-corrected chi connectivity index (χ4v) is 2.15. The molecule has 0 aliphatic heterocycles. The zero-order valence-electron chi connectivity index (χ0n) is 10.8. The monoisotopic (exact) mass is 259 g/mol. The van der Waals surface area contributed by atoms with E-state index in [1.807, 2.05) is 32.9 Å². The first kappa shape index (κ1) is 12.8. The number of hydrogen-bond donors (Lipinski definition) is 1. The van der Waals surface area contributed by atoms with Crippen LogP contribution >= 0.6 is 11.3 Å². The second-order valence-electron chi connectivity index (χ2n) is 4.35. The molecule has 0 atom stereocenters. The quantitative estimate of drug-likeness (QED) is 0.666. The van der Waals surface area contributed by atoms with Gasteiger partial charge in [0.25, 0.3) is 0 Å². The lowest BCUT2D eigenvalue weighted by molar-refractivity contribution is 0.840. The standard InChI is InChI=1S/C14H17N3S/c1-10(2)15-9-16-13-6-4-5-12(7-13)14-8-18-11(3)17-14/h4-10H,1-3H3,(H,15,16). The van der Waals surface area contributed by atoms with Gasteiger partial charge in [-0.15, -0.1) is 11.3 Å². The summed E-state index contributed by atoms with van der Waals surface area (Å²) >= 11 is 1.67. The van der Waals surface area contributed by atoms with Crippen LogP contribution < -0.4 is 5.32 Å². The van der Waals surface area contributed by atoms with Crippen LogP contribution in [0.2, 0.25) is 0 Å². The van der Waals surface area contributed by atoms with Crippen molar-refractivity contribution in [2.24, 2.45) is 4.99 Å². The topological polar surface area (TPSA) is 37.3 Å². The molecular weight excluding hydrogens is 242 g/mol. The van der Waals surface area contributed by atoms with Crippen LogP contribution in [0.25, 0.3) is 11.3 Å². The molecule has 94 valence electrons. The van der Waals surface area contributed by atoms with E-state index in [9.17, 15) is 0 Å². The van der Waals surface area contributed by atoms with Gasteiger partial charge in [0.1, 0.15) is 0 Å². The normalized spacial score (nSPS) is 11.3. The number of thiazole rings is 1. The number of nitrogens with zero attached hydrogens (tertiary/aromatic N) is 2. The molecule has 0 fully saturated rings. The van der Waals surface area contributed by atoms with Gasteiger partial charge in [0.15, 0.2) is 0 Å². The molecule has 1 aromatic carbocycles. The molecule has 2 aromatic rings. The van der Waals surface area contributed by atoms with Crippen LogP contribution in [0.5, 0.6) is 0 Å². The number of benzene rings is 1. The number of aliphatic imine (C=N–C) groups is 1. The Morgan fingerprint density at radius 1 is 1.39 bits per heavy atom. The molecule has 0 saturated carbocycles. The first-order valence-electron chi connectivity index (χ1n) is 5.96. The number of aromatic nitrogens is 1. The Morgan fingerprint density at radius 3 is 2.89 bits per heavy atom. The lowest BCUT2D eigenvalue weighted by atomic mass is 10.1. The summed E-state index contributed by atoms with van der Waals surface area (Å²) in [6, 6.07) is 8.51. The number of anilines is 1. The van der Waals surface area contributed by atoms with Gasteiger partial charge in [-0.3, -0.25) is 4.99 Å². The number of rotatable bonds is 4. The minimum absolute atomic E-state index is 0.307. The third-order valence-electron chi connectivity index (χ3n) is 2.38. The SMILES string of the molecule is Cc1nc(-c2cccc(NC=NC(C)C)c2)cs1. The number of hydrogen-bond acceptors (Lipinski definition) is 3. The fourth-order valence-electron chi connectivity index (χ4n) is 1.53. The Bertz CT molecular complexity index is 543. The van der Waals surface area contributed by atoms with E-state index in [1.165, 1.54) is 0 Å². The zero-order chi connectivity index (χ0) is 13.0. The van der Waals surface area contributed by atoms with E-state index < -0.39 is 0 Å².